The summed E-state index contributed by atoms with van der Waals surface area (Å²) in [6, 6.07) is 13.8. The van der Waals surface area contributed by atoms with Gasteiger partial charge in [-0.05, 0) is 37.3 Å². The van der Waals surface area contributed by atoms with Crippen LogP contribution in [0.4, 0.5) is 5.69 Å². The van der Waals surface area contributed by atoms with E-state index in [4.69, 9.17) is 25.8 Å². The van der Waals surface area contributed by atoms with Crippen LogP contribution in [0.15, 0.2) is 48.5 Å². The van der Waals surface area contributed by atoms with Crippen LogP contribution in [0.3, 0.4) is 0 Å². The second-order valence-corrected chi connectivity index (χ2v) is 5.82. The van der Waals surface area contributed by atoms with Crippen LogP contribution in [0.5, 0.6) is 11.5 Å². The minimum Gasteiger partial charge on any atom is -0.493 e. The number of halogens is 1. The largest absolute Gasteiger partial charge is 0.493 e. The third-order valence-electron chi connectivity index (χ3n) is 3.40. The zero-order valence-corrected chi connectivity index (χ0v) is 15.3. The first-order chi connectivity index (χ1) is 12.5. The van der Waals surface area contributed by atoms with Gasteiger partial charge in [-0.25, -0.2) is 0 Å². The minimum absolute atomic E-state index is 0.00678. The number of benzene rings is 2. The Hall–Kier alpha value is -2.73. The number of ether oxygens (including phenoxy) is 3. The second-order valence-electron chi connectivity index (χ2n) is 5.38. The molecule has 0 aromatic heterocycles. The number of nitrogens with one attached hydrogen (secondary N) is 1. The number of hydrogen-bond donors (Lipinski definition) is 1. The normalized spacial score (nSPS) is 11.3. The van der Waals surface area contributed by atoms with Crippen molar-refractivity contribution >= 4 is 29.2 Å². The van der Waals surface area contributed by atoms with Gasteiger partial charge in [0.15, 0.2) is 17.6 Å². The van der Waals surface area contributed by atoms with Gasteiger partial charge in [-0.2, -0.15) is 0 Å². The molecule has 138 valence electrons. The van der Waals surface area contributed by atoms with Gasteiger partial charge < -0.3 is 19.5 Å². The van der Waals surface area contributed by atoms with E-state index in [9.17, 15) is 9.59 Å². The molecular weight excluding hydrogens is 358 g/mol. The molecule has 0 saturated carbocycles. The van der Waals surface area contributed by atoms with E-state index in [0.29, 0.717) is 22.2 Å². The predicted octanol–water partition coefficient (Wildman–Crippen LogP) is 3.69. The fourth-order valence-electron chi connectivity index (χ4n) is 2.10. The van der Waals surface area contributed by atoms with Crippen molar-refractivity contribution in [3.8, 4) is 11.5 Å². The van der Waals surface area contributed by atoms with E-state index in [2.05, 4.69) is 5.32 Å². The maximum atomic E-state index is 12.1. The number of methoxy groups -OCH3 is 1. The topological polar surface area (TPSA) is 73.9 Å². The summed E-state index contributed by atoms with van der Waals surface area (Å²) in [4.78, 5) is 23.9. The van der Waals surface area contributed by atoms with Gasteiger partial charge in [0.2, 0.25) is 0 Å². The zero-order chi connectivity index (χ0) is 18.9. The summed E-state index contributed by atoms with van der Waals surface area (Å²) in [7, 11) is 1.54. The van der Waals surface area contributed by atoms with Crippen molar-refractivity contribution in [2.45, 2.75) is 19.4 Å². The quantitative estimate of drug-likeness (QED) is 0.710. The molecule has 0 aliphatic carbocycles. The van der Waals surface area contributed by atoms with Gasteiger partial charge >= 0.3 is 5.97 Å². The zero-order valence-electron chi connectivity index (χ0n) is 14.5. The Morgan fingerprint density at radius 2 is 1.85 bits per heavy atom. The summed E-state index contributed by atoms with van der Waals surface area (Å²) < 4.78 is 15.8. The van der Waals surface area contributed by atoms with Gasteiger partial charge in [-0.3, -0.25) is 9.59 Å². The van der Waals surface area contributed by atoms with Crippen molar-refractivity contribution in [3.05, 3.63) is 53.6 Å². The van der Waals surface area contributed by atoms with E-state index in [1.165, 1.54) is 14.0 Å². The Morgan fingerprint density at radius 3 is 2.54 bits per heavy atom. The monoisotopic (exact) mass is 377 g/mol. The van der Waals surface area contributed by atoms with Gasteiger partial charge in [0.1, 0.15) is 0 Å². The highest BCUT2D eigenvalue weighted by Crippen LogP contribution is 2.25. The molecule has 1 unspecified atom stereocenters. The maximum Gasteiger partial charge on any atom is 0.310 e. The molecule has 2 aromatic rings. The molecule has 0 aliphatic heterocycles. The minimum atomic E-state index is -0.937. The maximum absolute atomic E-state index is 12.1. The number of carbonyl (C=O) groups excluding carboxylic acids is 2. The van der Waals surface area contributed by atoms with E-state index < -0.39 is 18.0 Å². The SMILES string of the molecule is COc1ccccc1OCCC(=O)OC(C)C(=O)Nc1cccc(Cl)c1. The predicted molar refractivity (Wildman–Crippen MR) is 98.7 cm³/mol. The number of para-hydroxylation sites is 2. The lowest BCUT2D eigenvalue weighted by Crippen LogP contribution is -2.30. The fraction of sp³-hybridized carbons (Fsp3) is 0.263. The standard InChI is InChI=1S/C19H20ClNO5/c1-13(19(23)21-15-7-5-6-14(20)12-15)26-18(22)10-11-25-17-9-4-3-8-16(17)24-2/h3-9,12-13H,10-11H2,1-2H3,(H,21,23). The molecular formula is C19H20ClNO5. The molecule has 1 N–H and O–H groups in total. The van der Waals surface area contributed by atoms with Crippen molar-refractivity contribution in [3.63, 3.8) is 0 Å². The Balaban J connectivity index is 1.77. The van der Waals surface area contributed by atoms with E-state index in [1.54, 1.807) is 42.5 Å². The number of carbonyl (C=O) groups is 2. The highest BCUT2D eigenvalue weighted by molar-refractivity contribution is 6.30. The summed E-state index contributed by atoms with van der Waals surface area (Å²) in [6.07, 6.45) is -0.930. The first kappa shape index (κ1) is 19.6. The van der Waals surface area contributed by atoms with Crippen molar-refractivity contribution in [1.82, 2.24) is 0 Å². The smallest absolute Gasteiger partial charge is 0.310 e. The van der Waals surface area contributed by atoms with Gasteiger partial charge in [-0.1, -0.05) is 29.8 Å². The Labute approximate surface area is 157 Å². The highest BCUT2D eigenvalue weighted by atomic mass is 35.5. The Kier molecular flexibility index (Phi) is 7.29. The molecule has 2 rings (SSSR count). The molecule has 1 amide bonds. The van der Waals surface area contributed by atoms with Crippen LogP contribution in [0.1, 0.15) is 13.3 Å². The van der Waals surface area contributed by atoms with Gasteiger partial charge in [0.25, 0.3) is 5.91 Å². The summed E-state index contributed by atoms with van der Waals surface area (Å²) in [5.74, 6) is 0.143. The lowest BCUT2D eigenvalue weighted by atomic mass is 10.3. The average Bonchev–Trinajstić information content (AvgIpc) is 2.62. The molecule has 0 radical (unpaired) electrons. The van der Waals surface area contributed by atoms with Crippen molar-refractivity contribution < 1.29 is 23.8 Å². The van der Waals surface area contributed by atoms with Crippen LogP contribution in [0.25, 0.3) is 0 Å². The first-order valence-corrected chi connectivity index (χ1v) is 8.39. The molecule has 7 heteroatoms. The van der Waals surface area contributed by atoms with Crippen LogP contribution in [0.2, 0.25) is 5.02 Å². The molecule has 0 bridgehead atoms. The Bertz CT molecular complexity index is 765. The fourth-order valence-corrected chi connectivity index (χ4v) is 2.29. The number of rotatable bonds is 8. The van der Waals surface area contributed by atoms with Crippen molar-refractivity contribution in [2.24, 2.45) is 0 Å². The third-order valence-corrected chi connectivity index (χ3v) is 3.64. The summed E-state index contributed by atoms with van der Waals surface area (Å²) in [5.41, 5.74) is 0.532. The van der Waals surface area contributed by atoms with Crippen molar-refractivity contribution in [1.29, 1.82) is 0 Å². The molecule has 0 saturated heterocycles. The molecule has 0 aliphatic rings. The lowest BCUT2D eigenvalue weighted by Gasteiger charge is -2.14. The van der Waals surface area contributed by atoms with Crippen molar-refractivity contribution in [2.75, 3.05) is 19.0 Å². The van der Waals surface area contributed by atoms with E-state index >= 15 is 0 Å². The van der Waals surface area contributed by atoms with Gasteiger partial charge in [0, 0.05) is 10.7 Å². The number of anilines is 1. The average molecular weight is 378 g/mol. The Morgan fingerprint density at radius 1 is 1.12 bits per heavy atom. The molecule has 0 fully saturated rings. The summed E-state index contributed by atoms with van der Waals surface area (Å²) >= 11 is 5.86. The number of hydrogen-bond acceptors (Lipinski definition) is 5. The molecule has 6 nitrogen and oxygen atoms in total. The molecule has 26 heavy (non-hydrogen) atoms. The molecule has 1 atom stereocenters. The molecule has 0 spiro atoms. The van der Waals surface area contributed by atoms with Crippen LogP contribution >= 0.6 is 11.6 Å². The van der Waals surface area contributed by atoms with Crippen LogP contribution in [-0.2, 0) is 14.3 Å². The molecule has 2 aromatic carbocycles. The van der Waals surface area contributed by atoms with E-state index in [1.807, 2.05) is 6.07 Å². The van der Waals surface area contributed by atoms with E-state index in [-0.39, 0.29) is 13.0 Å². The number of amides is 1. The first-order valence-electron chi connectivity index (χ1n) is 8.01. The lowest BCUT2D eigenvalue weighted by molar-refractivity contribution is -0.153. The summed E-state index contributed by atoms with van der Waals surface area (Å²) in [6.45, 7) is 1.61. The second kappa shape index (κ2) is 9.68. The van der Waals surface area contributed by atoms with Gasteiger partial charge in [0.05, 0.1) is 20.1 Å². The van der Waals surface area contributed by atoms with Crippen LogP contribution in [0, 0.1) is 0 Å². The van der Waals surface area contributed by atoms with Gasteiger partial charge in [-0.15, -0.1) is 0 Å². The third kappa shape index (κ3) is 5.97. The van der Waals surface area contributed by atoms with E-state index in [0.717, 1.165) is 0 Å². The highest BCUT2D eigenvalue weighted by Gasteiger charge is 2.18. The molecule has 0 heterocycles. The summed E-state index contributed by atoms with van der Waals surface area (Å²) in [5, 5.41) is 3.14. The van der Waals surface area contributed by atoms with Crippen LogP contribution < -0.4 is 14.8 Å². The number of esters is 1. The van der Waals surface area contributed by atoms with Crippen LogP contribution in [-0.4, -0.2) is 31.7 Å².